The molecule has 1 atom stereocenters. The van der Waals surface area contributed by atoms with Crippen LogP contribution < -0.4 is 10.6 Å². The van der Waals surface area contributed by atoms with Gasteiger partial charge in [0.2, 0.25) is 0 Å². The maximum absolute atomic E-state index is 12.1. The van der Waals surface area contributed by atoms with Crippen LogP contribution in [0.25, 0.3) is 0 Å². The van der Waals surface area contributed by atoms with E-state index in [1.807, 2.05) is 45.0 Å². The van der Waals surface area contributed by atoms with Crippen LogP contribution in [0.1, 0.15) is 29.2 Å². The second kappa shape index (κ2) is 7.12. The van der Waals surface area contributed by atoms with E-state index < -0.39 is 0 Å². The number of urea groups is 1. The van der Waals surface area contributed by atoms with Crippen LogP contribution in [-0.4, -0.2) is 12.1 Å². The van der Waals surface area contributed by atoms with Crippen LogP contribution in [0.5, 0.6) is 0 Å². The quantitative estimate of drug-likeness (QED) is 0.864. The lowest BCUT2D eigenvalue weighted by atomic mass is 10.0. The molecule has 0 aromatic heterocycles. The van der Waals surface area contributed by atoms with Gasteiger partial charge in [0.15, 0.2) is 0 Å². The van der Waals surface area contributed by atoms with Crippen molar-refractivity contribution < 1.29 is 4.79 Å². The van der Waals surface area contributed by atoms with E-state index in [1.54, 1.807) is 0 Å². The molecule has 0 saturated carbocycles. The minimum atomic E-state index is -0.159. The van der Waals surface area contributed by atoms with Crippen molar-refractivity contribution in [1.82, 2.24) is 5.32 Å². The molecule has 2 aromatic rings. The molecule has 0 radical (unpaired) electrons. The van der Waals surface area contributed by atoms with Gasteiger partial charge >= 0.3 is 6.03 Å². The monoisotopic (exact) mass is 296 g/mol. The topological polar surface area (TPSA) is 41.1 Å². The van der Waals surface area contributed by atoms with Crippen molar-refractivity contribution in [3.8, 4) is 0 Å². The molecule has 0 aliphatic heterocycles. The average molecular weight is 296 g/mol. The normalized spacial score (nSPS) is 11.8. The number of carbonyl (C=O) groups excluding carboxylic acids is 1. The smallest absolute Gasteiger partial charge is 0.319 e. The van der Waals surface area contributed by atoms with Gasteiger partial charge in [0, 0.05) is 11.7 Å². The zero-order valence-electron chi connectivity index (χ0n) is 13.7. The third kappa shape index (κ3) is 4.35. The van der Waals surface area contributed by atoms with Crippen LogP contribution in [0, 0.1) is 20.8 Å². The number of amides is 2. The van der Waals surface area contributed by atoms with E-state index >= 15 is 0 Å². The van der Waals surface area contributed by atoms with Gasteiger partial charge in [0.05, 0.1) is 0 Å². The first-order valence-electron chi connectivity index (χ1n) is 7.65. The molecule has 2 rings (SSSR count). The third-order valence-electron chi connectivity index (χ3n) is 3.79. The van der Waals surface area contributed by atoms with Crippen molar-refractivity contribution in [2.24, 2.45) is 0 Å². The minimum absolute atomic E-state index is 0.0758. The Balaban J connectivity index is 1.93. The molecule has 22 heavy (non-hydrogen) atoms. The van der Waals surface area contributed by atoms with Crippen molar-refractivity contribution in [2.45, 2.75) is 40.2 Å². The number of benzene rings is 2. The number of carbonyl (C=O) groups is 1. The van der Waals surface area contributed by atoms with Crippen LogP contribution >= 0.6 is 0 Å². The highest BCUT2D eigenvalue weighted by atomic mass is 16.2. The maximum Gasteiger partial charge on any atom is 0.319 e. The molecule has 2 N–H and O–H groups in total. The van der Waals surface area contributed by atoms with Gasteiger partial charge in [-0.2, -0.15) is 0 Å². The second-order valence-corrected chi connectivity index (χ2v) is 5.95. The van der Waals surface area contributed by atoms with E-state index in [1.165, 1.54) is 16.7 Å². The van der Waals surface area contributed by atoms with Crippen LogP contribution in [0.3, 0.4) is 0 Å². The molecule has 0 saturated heterocycles. The van der Waals surface area contributed by atoms with Crippen molar-refractivity contribution in [1.29, 1.82) is 0 Å². The van der Waals surface area contributed by atoms with Gasteiger partial charge < -0.3 is 10.6 Å². The van der Waals surface area contributed by atoms with Gasteiger partial charge in [-0.05, 0) is 56.9 Å². The van der Waals surface area contributed by atoms with E-state index in [0.29, 0.717) is 0 Å². The fourth-order valence-electron chi connectivity index (χ4n) is 2.56. The molecule has 3 nitrogen and oxygen atoms in total. The summed E-state index contributed by atoms with van der Waals surface area (Å²) in [4.78, 5) is 12.1. The fraction of sp³-hybridized carbons (Fsp3) is 0.316. The first-order valence-corrected chi connectivity index (χ1v) is 7.65. The number of anilines is 1. The Kier molecular flexibility index (Phi) is 5.21. The molecule has 0 spiro atoms. The number of nitrogens with one attached hydrogen (secondary N) is 2. The number of hydrogen-bond donors (Lipinski definition) is 2. The third-order valence-corrected chi connectivity index (χ3v) is 3.79. The standard InChI is InChI=1S/C19H24N2O/c1-13-9-10-18(15(3)11-13)21-19(22)20-16(4)12-17-8-6-5-7-14(17)2/h5-11,16H,12H2,1-4H3,(H2,20,21,22). The van der Waals surface area contributed by atoms with Crippen LogP contribution in [0.15, 0.2) is 42.5 Å². The summed E-state index contributed by atoms with van der Waals surface area (Å²) in [6, 6.07) is 14.2. The molecule has 0 fully saturated rings. The summed E-state index contributed by atoms with van der Waals surface area (Å²) < 4.78 is 0. The van der Waals surface area contributed by atoms with E-state index in [2.05, 4.69) is 35.8 Å². The van der Waals surface area contributed by atoms with Crippen molar-refractivity contribution in [3.63, 3.8) is 0 Å². The Morgan fingerprint density at radius 2 is 1.77 bits per heavy atom. The molecule has 0 heterocycles. The van der Waals surface area contributed by atoms with Crippen LogP contribution in [0.4, 0.5) is 10.5 Å². The van der Waals surface area contributed by atoms with Crippen molar-refractivity contribution >= 4 is 11.7 Å². The molecule has 2 amide bonds. The Labute approximate surface area is 132 Å². The predicted molar refractivity (Wildman–Crippen MR) is 92.4 cm³/mol. The molecule has 3 heteroatoms. The molecular formula is C19H24N2O. The van der Waals surface area contributed by atoms with Crippen molar-refractivity contribution in [3.05, 3.63) is 64.7 Å². The molecule has 116 valence electrons. The Morgan fingerprint density at radius 3 is 2.45 bits per heavy atom. The summed E-state index contributed by atoms with van der Waals surface area (Å²) in [6.07, 6.45) is 0.826. The first kappa shape index (κ1) is 16.1. The molecular weight excluding hydrogens is 272 g/mol. The predicted octanol–water partition coefficient (Wildman–Crippen LogP) is 4.36. The molecule has 0 aliphatic carbocycles. The summed E-state index contributed by atoms with van der Waals surface area (Å²) in [5, 5.41) is 5.91. The summed E-state index contributed by atoms with van der Waals surface area (Å²) >= 11 is 0. The fourth-order valence-corrected chi connectivity index (χ4v) is 2.56. The summed E-state index contributed by atoms with van der Waals surface area (Å²) in [6.45, 7) is 8.16. The number of aryl methyl sites for hydroxylation is 3. The number of rotatable bonds is 4. The molecule has 1 unspecified atom stereocenters. The lowest BCUT2D eigenvalue weighted by Crippen LogP contribution is -2.37. The highest BCUT2D eigenvalue weighted by Gasteiger charge is 2.10. The van der Waals surface area contributed by atoms with Gasteiger partial charge in [0.1, 0.15) is 0 Å². The van der Waals surface area contributed by atoms with Gasteiger partial charge in [-0.25, -0.2) is 4.79 Å². The largest absolute Gasteiger partial charge is 0.335 e. The van der Waals surface area contributed by atoms with Crippen LogP contribution in [-0.2, 0) is 6.42 Å². The highest BCUT2D eigenvalue weighted by molar-refractivity contribution is 5.90. The van der Waals surface area contributed by atoms with E-state index in [0.717, 1.165) is 17.7 Å². The SMILES string of the molecule is Cc1ccc(NC(=O)NC(C)Cc2ccccc2C)c(C)c1. The lowest BCUT2D eigenvalue weighted by molar-refractivity contribution is 0.249. The van der Waals surface area contributed by atoms with Crippen LogP contribution in [0.2, 0.25) is 0 Å². The molecule has 0 bridgehead atoms. The van der Waals surface area contributed by atoms with E-state index in [9.17, 15) is 4.79 Å². The van der Waals surface area contributed by atoms with Gasteiger partial charge in [-0.15, -0.1) is 0 Å². The molecule has 0 aliphatic rings. The van der Waals surface area contributed by atoms with Gasteiger partial charge in [0.25, 0.3) is 0 Å². The van der Waals surface area contributed by atoms with Gasteiger partial charge in [-0.3, -0.25) is 0 Å². The zero-order valence-corrected chi connectivity index (χ0v) is 13.7. The first-order chi connectivity index (χ1) is 10.5. The summed E-state index contributed by atoms with van der Waals surface area (Å²) in [7, 11) is 0. The summed E-state index contributed by atoms with van der Waals surface area (Å²) in [5.74, 6) is 0. The average Bonchev–Trinajstić information content (AvgIpc) is 2.44. The Hall–Kier alpha value is -2.29. The zero-order chi connectivity index (χ0) is 16.1. The molecule has 2 aromatic carbocycles. The van der Waals surface area contributed by atoms with E-state index in [-0.39, 0.29) is 12.1 Å². The summed E-state index contributed by atoms with van der Waals surface area (Å²) in [5.41, 5.74) is 5.64. The Morgan fingerprint density at radius 1 is 1.05 bits per heavy atom. The Bertz CT molecular complexity index is 664. The van der Waals surface area contributed by atoms with E-state index in [4.69, 9.17) is 0 Å². The van der Waals surface area contributed by atoms with Gasteiger partial charge in [-0.1, -0.05) is 42.0 Å². The minimum Gasteiger partial charge on any atom is -0.335 e. The lowest BCUT2D eigenvalue weighted by Gasteiger charge is -2.17. The van der Waals surface area contributed by atoms with Crippen molar-refractivity contribution in [2.75, 3.05) is 5.32 Å². The maximum atomic E-state index is 12.1. The highest BCUT2D eigenvalue weighted by Crippen LogP contribution is 2.16. The number of hydrogen-bond acceptors (Lipinski definition) is 1. The second-order valence-electron chi connectivity index (χ2n) is 5.95.